The van der Waals surface area contributed by atoms with E-state index >= 15 is 0 Å². The highest BCUT2D eigenvalue weighted by atomic mass is 16.7. The molecule has 1 saturated heterocycles. The molecule has 0 spiro atoms. The van der Waals surface area contributed by atoms with Crippen molar-refractivity contribution in [2.24, 2.45) is 5.92 Å². The second-order valence-corrected chi connectivity index (χ2v) is 9.34. The van der Waals surface area contributed by atoms with Gasteiger partial charge in [0.15, 0.2) is 12.3 Å². The van der Waals surface area contributed by atoms with Gasteiger partial charge in [-0.15, -0.1) is 0 Å². The third kappa shape index (κ3) is 7.26. The van der Waals surface area contributed by atoms with Crippen LogP contribution in [0.4, 0.5) is 0 Å². The van der Waals surface area contributed by atoms with Crippen molar-refractivity contribution in [1.29, 1.82) is 0 Å². The molecule has 0 aromatic heterocycles. The minimum Gasteiger partial charge on any atom is -0.624 e. The van der Waals surface area contributed by atoms with E-state index < -0.39 is 0 Å². The van der Waals surface area contributed by atoms with Crippen molar-refractivity contribution < 1.29 is 9.58 Å². The highest BCUT2D eigenvalue weighted by Crippen LogP contribution is 2.39. The summed E-state index contributed by atoms with van der Waals surface area (Å²) in [7, 11) is 0. The molecule has 0 amide bonds. The molecule has 0 unspecified atom stereocenters. The Kier molecular flexibility index (Phi) is 8.90. The molecule has 0 N–H and O–H groups in total. The Balaban J connectivity index is 2.58. The molecule has 1 fully saturated rings. The fourth-order valence-corrected chi connectivity index (χ4v) is 4.19. The maximum atomic E-state index is 12.5. The number of hydrogen-bond acceptors (Lipinski definition) is 3. The Morgan fingerprint density at radius 1 is 1.04 bits per heavy atom. The number of piperidine rings is 1. The third-order valence-electron chi connectivity index (χ3n) is 5.09. The quantitative estimate of drug-likeness (QED) is 0.170. The van der Waals surface area contributed by atoms with E-state index in [9.17, 15) is 5.21 Å². The van der Waals surface area contributed by atoms with Gasteiger partial charge < -0.3 is 5.21 Å². The lowest BCUT2D eigenvalue weighted by atomic mass is 9.79. The van der Waals surface area contributed by atoms with Crippen LogP contribution in [0.1, 0.15) is 99.8 Å². The minimum atomic E-state index is -0.137. The first-order valence-electron chi connectivity index (χ1n) is 10.3. The van der Waals surface area contributed by atoms with E-state index in [2.05, 4.69) is 53.5 Å². The third-order valence-corrected chi connectivity index (χ3v) is 5.09. The number of unbranched alkanes of at least 4 members (excludes halogenated alkanes) is 5. The first-order valence-corrected chi connectivity index (χ1v) is 10.3. The van der Waals surface area contributed by atoms with Crippen molar-refractivity contribution in [3.8, 4) is 0 Å². The largest absolute Gasteiger partial charge is 0.624 e. The Morgan fingerprint density at radius 2 is 1.56 bits per heavy atom. The molecular weight excluding hydrogens is 312 g/mol. The van der Waals surface area contributed by atoms with E-state index in [1.165, 1.54) is 36.8 Å². The number of rotatable bonds is 10. The number of hydroxylamine groups is 3. The van der Waals surface area contributed by atoms with E-state index in [0.717, 1.165) is 25.9 Å². The van der Waals surface area contributed by atoms with Crippen molar-refractivity contribution in [2.45, 2.75) is 117 Å². The summed E-state index contributed by atoms with van der Waals surface area (Å²) in [6.07, 6.45) is 11.1. The van der Waals surface area contributed by atoms with Gasteiger partial charge in [0.25, 0.3) is 0 Å². The molecule has 0 aliphatic carbocycles. The van der Waals surface area contributed by atoms with Gasteiger partial charge in [-0.05, 0) is 34.1 Å². The van der Waals surface area contributed by atoms with Crippen LogP contribution in [0.3, 0.4) is 0 Å². The summed E-state index contributed by atoms with van der Waals surface area (Å²) < 4.78 is 1.19. The van der Waals surface area contributed by atoms with Crippen LogP contribution in [-0.4, -0.2) is 39.7 Å². The van der Waals surface area contributed by atoms with Gasteiger partial charge in [0, 0.05) is 29.8 Å². The summed E-state index contributed by atoms with van der Waals surface area (Å²) in [5.74, 6) is 0.283. The molecule has 25 heavy (non-hydrogen) atoms. The smallest absolute Gasteiger partial charge is 0.166 e. The summed E-state index contributed by atoms with van der Waals surface area (Å²) >= 11 is 0. The topological polar surface area (TPSA) is 38.5 Å². The summed E-state index contributed by atoms with van der Waals surface area (Å²) in [5.41, 5.74) is -0.274. The fourth-order valence-electron chi connectivity index (χ4n) is 4.19. The van der Waals surface area contributed by atoms with Crippen LogP contribution >= 0.6 is 0 Å². The molecule has 0 saturated carbocycles. The van der Waals surface area contributed by atoms with Crippen LogP contribution in [0, 0.1) is 11.1 Å². The number of nitrogens with zero attached hydrogens (tertiary/aromatic N) is 2. The normalized spacial score (nSPS) is 21.8. The Labute approximate surface area is 156 Å². The molecule has 0 aromatic carbocycles. The first-order chi connectivity index (χ1) is 11.6. The van der Waals surface area contributed by atoms with E-state index in [-0.39, 0.29) is 23.0 Å². The van der Waals surface area contributed by atoms with Gasteiger partial charge in [0.05, 0.1) is 6.61 Å². The van der Waals surface area contributed by atoms with Crippen molar-refractivity contribution in [3.63, 3.8) is 0 Å². The van der Waals surface area contributed by atoms with Gasteiger partial charge in [-0.3, -0.25) is 4.84 Å². The molecule has 1 rings (SSSR count). The monoisotopic (exact) mass is 354 g/mol. The average molecular weight is 355 g/mol. The maximum absolute atomic E-state index is 12.5. The molecule has 0 aromatic rings. The molecular formula is C21H42N2O2. The van der Waals surface area contributed by atoms with Gasteiger partial charge in [-0.1, -0.05) is 52.9 Å². The number of hydrogen-bond donors (Lipinski definition) is 0. The van der Waals surface area contributed by atoms with E-state index in [1.54, 1.807) is 0 Å². The van der Waals surface area contributed by atoms with Crippen LogP contribution in [0.5, 0.6) is 0 Å². The van der Waals surface area contributed by atoms with E-state index in [0.29, 0.717) is 0 Å². The van der Waals surface area contributed by atoms with Crippen LogP contribution < -0.4 is 0 Å². The zero-order valence-corrected chi connectivity index (χ0v) is 17.8. The second-order valence-electron chi connectivity index (χ2n) is 9.34. The molecule has 1 aliphatic rings. The fraction of sp³-hybridized carbons (Fsp3) is 0.952. The van der Waals surface area contributed by atoms with Crippen LogP contribution in [-0.2, 0) is 4.84 Å². The predicted octanol–water partition coefficient (Wildman–Crippen LogP) is 5.54. The van der Waals surface area contributed by atoms with E-state index in [4.69, 9.17) is 4.84 Å². The molecule has 4 heteroatoms. The Bertz CT molecular complexity index is 398. The Morgan fingerprint density at radius 3 is 2.08 bits per heavy atom. The molecule has 4 nitrogen and oxygen atoms in total. The van der Waals surface area contributed by atoms with Gasteiger partial charge in [-0.2, -0.15) is 5.06 Å². The maximum Gasteiger partial charge on any atom is 0.166 e. The summed E-state index contributed by atoms with van der Waals surface area (Å²) in [6.45, 7) is 15.9. The predicted molar refractivity (Wildman–Crippen MR) is 107 cm³/mol. The van der Waals surface area contributed by atoms with Crippen LogP contribution in [0.2, 0.25) is 0 Å². The van der Waals surface area contributed by atoms with Crippen LogP contribution in [0.15, 0.2) is 0 Å². The lowest BCUT2D eigenvalue weighted by Gasteiger charge is -2.52. The van der Waals surface area contributed by atoms with Crippen molar-refractivity contribution in [2.75, 3.05) is 6.61 Å². The second kappa shape index (κ2) is 9.91. The van der Waals surface area contributed by atoms with Crippen molar-refractivity contribution in [3.05, 3.63) is 5.21 Å². The van der Waals surface area contributed by atoms with Gasteiger partial charge >= 0.3 is 0 Å². The lowest BCUT2D eigenvalue weighted by Crippen LogP contribution is -2.62. The molecule has 0 bridgehead atoms. The summed E-state index contributed by atoms with van der Waals surface area (Å²) in [5, 5.41) is 14.7. The zero-order chi connectivity index (χ0) is 19.1. The Hall–Kier alpha value is -0.610. The summed E-state index contributed by atoms with van der Waals surface area (Å²) in [4.78, 5) is 6.23. The molecule has 1 heterocycles. The van der Waals surface area contributed by atoms with Crippen molar-refractivity contribution in [1.82, 2.24) is 5.06 Å². The SMILES string of the molecule is CCCCCCCCON1C(C)(C)CC([N+]([O-])=CC(C)C)CC1(C)C. The lowest BCUT2D eigenvalue weighted by molar-refractivity contribution is -0.518. The molecule has 0 atom stereocenters. The highest BCUT2D eigenvalue weighted by molar-refractivity contribution is 5.53. The standard InChI is InChI=1S/C21H42N2O2/c1-8-9-10-11-12-13-14-25-23-20(4,5)15-19(16-21(23,6)7)22(24)17-18(2)3/h17-19H,8-16H2,1-7H3. The van der Waals surface area contributed by atoms with Gasteiger partial charge in [0.2, 0.25) is 0 Å². The van der Waals surface area contributed by atoms with Crippen LogP contribution in [0.25, 0.3) is 0 Å². The summed E-state index contributed by atoms with van der Waals surface area (Å²) in [6, 6.07) is 0.0290. The molecule has 1 aliphatic heterocycles. The molecule has 148 valence electrons. The van der Waals surface area contributed by atoms with Gasteiger partial charge in [-0.25, -0.2) is 4.74 Å². The highest BCUT2D eigenvalue weighted by Gasteiger charge is 2.49. The zero-order valence-electron chi connectivity index (χ0n) is 17.8. The van der Waals surface area contributed by atoms with Gasteiger partial charge in [0.1, 0.15) is 0 Å². The average Bonchev–Trinajstić information content (AvgIpc) is 2.46. The van der Waals surface area contributed by atoms with Crippen molar-refractivity contribution >= 4 is 6.21 Å². The molecule has 0 radical (unpaired) electrons. The van der Waals surface area contributed by atoms with E-state index in [1.807, 2.05) is 6.21 Å². The minimum absolute atomic E-state index is 0.0290. The first kappa shape index (κ1) is 22.4.